The van der Waals surface area contributed by atoms with Crippen molar-refractivity contribution in [3.8, 4) is 0 Å². The lowest BCUT2D eigenvalue weighted by Crippen LogP contribution is -2.46. The summed E-state index contributed by atoms with van der Waals surface area (Å²) in [6.07, 6.45) is 16.9. The highest BCUT2D eigenvalue weighted by Gasteiger charge is 2.48. The number of thiol groups is 1. The van der Waals surface area contributed by atoms with Crippen molar-refractivity contribution in [1.82, 2.24) is 0 Å². The highest BCUT2D eigenvalue weighted by molar-refractivity contribution is 9.10. The number of carbonyl (C=O) groups excluding carboxylic acids is 3. The molecule has 4 rings (SSSR count). The van der Waals surface area contributed by atoms with Crippen LogP contribution in [0.15, 0.2) is 0 Å². The highest BCUT2D eigenvalue weighted by Crippen LogP contribution is 2.38. The molecule has 4 saturated carbocycles. The topological polar surface area (TPSA) is 184 Å². The molecule has 4 aliphatic rings. The minimum Gasteiger partial charge on any atom is -0.480 e. The van der Waals surface area contributed by atoms with Gasteiger partial charge in [-0.2, -0.15) is 12.6 Å². The standard InChI is InChI=1S/C11H20O4S.C11H20O2S.C9H16O4S.C6H11BrO2.C5H10S.CH4/c1-4-15-10(12)11(2,3)16(13,14)9-7-5-6-8-9;1-4-13-10(12)11(2,3)14-9-7-5-6-8-9;1-9(2,8(10)11)14(12,13)7-5-3-4-6-7;1-4-9-5(8)6(2,3)7;6-5-3-1-2-4-5;/h9H,4-8H2,1-3H3;9H,4-8H2,1-3H3;7H,3-6H2,1-2H3,(H,10,11);4H2,1-3H3;5-6H,1-4H2;1H4. The van der Waals surface area contributed by atoms with Crippen molar-refractivity contribution >= 4 is 83.9 Å². The molecule has 0 aliphatic heterocycles. The van der Waals surface area contributed by atoms with E-state index in [0.717, 1.165) is 30.9 Å². The molecule has 0 atom stereocenters. The number of carboxylic acids is 1. The van der Waals surface area contributed by atoms with E-state index < -0.39 is 50.7 Å². The van der Waals surface area contributed by atoms with Crippen LogP contribution in [0.5, 0.6) is 0 Å². The second kappa shape index (κ2) is 28.0. The van der Waals surface area contributed by atoms with Crippen LogP contribution >= 0.6 is 40.3 Å². The number of hydrogen-bond donors (Lipinski definition) is 2. The quantitative estimate of drug-likeness (QED) is 0.0770. The van der Waals surface area contributed by atoms with Gasteiger partial charge < -0.3 is 19.3 Å². The van der Waals surface area contributed by atoms with Crippen LogP contribution < -0.4 is 0 Å². The molecular weight excluding hydrogens is 917 g/mol. The summed E-state index contributed by atoms with van der Waals surface area (Å²) in [4.78, 5) is 44.9. The largest absolute Gasteiger partial charge is 0.480 e. The molecule has 0 aromatic heterocycles. The Bertz CT molecular complexity index is 1500. The van der Waals surface area contributed by atoms with E-state index >= 15 is 0 Å². The first-order valence-electron chi connectivity index (χ1n) is 21.3. The third-order valence-corrected chi connectivity index (χ3v) is 19.1. The van der Waals surface area contributed by atoms with Gasteiger partial charge in [-0.05, 0) is 128 Å². The van der Waals surface area contributed by atoms with Crippen LogP contribution in [-0.2, 0) is 53.1 Å². The van der Waals surface area contributed by atoms with Gasteiger partial charge in [0.25, 0.3) is 0 Å². The maximum atomic E-state index is 12.3. The molecule has 0 radical (unpaired) electrons. The van der Waals surface area contributed by atoms with E-state index in [1.807, 2.05) is 20.8 Å². The van der Waals surface area contributed by atoms with E-state index in [0.29, 0.717) is 44.1 Å². The third-order valence-electron chi connectivity index (χ3n) is 10.8. The second-order valence-corrected chi connectivity index (χ2v) is 27.5. The number of carboxylic acid groups (broad SMARTS) is 1. The SMILES string of the molecule is C.CC(C)(C(=O)O)S(=O)(=O)C1CCCC1.CCOC(=O)C(C)(C)Br.CCOC(=O)C(C)(C)S(=O)(=O)C1CCCC1.CCOC(=O)C(C)(C)SC1CCCC1.SC1CCCC1. The molecular formula is C43H81BrO12S4. The molecule has 0 heterocycles. The van der Waals surface area contributed by atoms with Crippen LogP contribution in [0.2, 0.25) is 0 Å². The Morgan fingerprint density at radius 1 is 0.583 bits per heavy atom. The Balaban J connectivity index is 0. The van der Waals surface area contributed by atoms with Crippen LogP contribution in [0, 0.1) is 0 Å². The van der Waals surface area contributed by atoms with E-state index in [-0.39, 0.29) is 36.0 Å². The number of ether oxygens (including phenoxy) is 3. The summed E-state index contributed by atoms with van der Waals surface area (Å²) in [7, 11) is -6.97. The molecule has 17 heteroatoms. The number of hydrogen-bond acceptors (Lipinski definition) is 13. The number of sulfone groups is 2. The fourth-order valence-corrected chi connectivity index (χ4v) is 12.9. The van der Waals surface area contributed by atoms with E-state index in [1.165, 1.54) is 79.1 Å². The van der Waals surface area contributed by atoms with Crippen LogP contribution in [0.3, 0.4) is 0 Å². The first-order valence-corrected chi connectivity index (χ1v) is 26.6. The van der Waals surface area contributed by atoms with Crippen LogP contribution in [0.25, 0.3) is 0 Å². The van der Waals surface area contributed by atoms with Crippen molar-refractivity contribution in [2.75, 3.05) is 19.8 Å². The van der Waals surface area contributed by atoms with Crippen molar-refractivity contribution < 1.29 is 55.3 Å². The first-order chi connectivity index (χ1) is 27.1. The molecule has 0 unspecified atom stereocenters. The summed E-state index contributed by atoms with van der Waals surface area (Å²) in [5.41, 5.74) is 0. The molecule has 0 amide bonds. The molecule has 1 N–H and O–H groups in total. The summed E-state index contributed by atoms with van der Waals surface area (Å²) in [5, 5.41) is 9.44. The van der Waals surface area contributed by atoms with Crippen LogP contribution in [0.1, 0.15) is 186 Å². The molecule has 0 spiro atoms. The monoisotopic (exact) mass is 996 g/mol. The maximum Gasteiger partial charge on any atom is 0.326 e. The van der Waals surface area contributed by atoms with E-state index in [2.05, 4.69) is 28.6 Å². The molecule has 0 saturated heterocycles. The van der Waals surface area contributed by atoms with E-state index in [4.69, 9.17) is 19.3 Å². The predicted octanol–water partition coefficient (Wildman–Crippen LogP) is 10.1. The molecule has 12 nitrogen and oxygen atoms in total. The van der Waals surface area contributed by atoms with Crippen molar-refractivity contribution in [3.63, 3.8) is 0 Å². The summed E-state index contributed by atoms with van der Waals surface area (Å²) < 4.78 is 59.0. The van der Waals surface area contributed by atoms with Gasteiger partial charge in [0.05, 0.1) is 30.3 Å². The zero-order valence-electron chi connectivity index (χ0n) is 37.7. The number of rotatable bonds is 13. The zero-order valence-corrected chi connectivity index (χ0v) is 42.7. The van der Waals surface area contributed by atoms with Gasteiger partial charge >= 0.3 is 23.9 Å². The number of carbonyl (C=O) groups is 4. The highest BCUT2D eigenvalue weighted by atomic mass is 79.9. The third kappa shape index (κ3) is 19.8. The second-order valence-electron chi connectivity index (χ2n) is 17.3. The number of halogens is 1. The maximum absolute atomic E-state index is 12.3. The predicted molar refractivity (Wildman–Crippen MR) is 253 cm³/mol. The number of esters is 3. The number of aliphatic carboxylic acids is 1. The first kappa shape index (κ1) is 61.0. The zero-order chi connectivity index (χ0) is 45.9. The average molecular weight is 998 g/mol. The van der Waals surface area contributed by atoms with Crippen LogP contribution in [-0.4, -0.2) is 105 Å². The van der Waals surface area contributed by atoms with Crippen molar-refractivity contribution in [1.29, 1.82) is 0 Å². The van der Waals surface area contributed by atoms with Gasteiger partial charge in [0, 0.05) is 10.5 Å². The molecule has 356 valence electrons. The Morgan fingerprint density at radius 3 is 1.20 bits per heavy atom. The molecule has 0 aromatic carbocycles. The van der Waals surface area contributed by atoms with Gasteiger partial charge in [-0.25, -0.2) is 16.8 Å². The summed E-state index contributed by atoms with van der Waals surface area (Å²) in [6, 6.07) is 0. The summed E-state index contributed by atoms with van der Waals surface area (Å²) >= 11 is 9.25. The fourth-order valence-electron chi connectivity index (χ4n) is 6.76. The van der Waals surface area contributed by atoms with Gasteiger partial charge in [-0.3, -0.25) is 19.2 Å². The molecule has 0 aromatic rings. The lowest BCUT2D eigenvalue weighted by molar-refractivity contribution is -0.146. The van der Waals surface area contributed by atoms with Crippen molar-refractivity contribution in [2.24, 2.45) is 0 Å². The van der Waals surface area contributed by atoms with Gasteiger partial charge in [0.15, 0.2) is 29.2 Å². The van der Waals surface area contributed by atoms with Crippen molar-refractivity contribution in [3.05, 3.63) is 0 Å². The lowest BCUT2D eigenvalue weighted by atomic mass is 10.2. The Morgan fingerprint density at radius 2 is 0.900 bits per heavy atom. The van der Waals surface area contributed by atoms with Gasteiger partial charge in [0.1, 0.15) is 9.07 Å². The molecule has 4 aliphatic carbocycles. The average Bonchev–Trinajstić information content (AvgIpc) is 3.99. The van der Waals surface area contributed by atoms with Crippen molar-refractivity contribution in [2.45, 2.75) is 226 Å². The Labute approximate surface area is 382 Å². The Kier molecular flexibility index (Phi) is 28.5. The number of thioether (sulfide) groups is 1. The molecule has 0 bridgehead atoms. The van der Waals surface area contributed by atoms with Gasteiger partial charge in [-0.15, -0.1) is 11.8 Å². The lowest BCUT2D eigenvalue weighted by Gasteiger charge is -2.26. The smallest absolute Gasteiger partial charge is 0.326 e. The normalized spacial score (nSPS) is 18.1. The number of alkyl halides is 1. The molecule has 4 fully saturated rings. The van der Waals surface area contributed by atoms with E-state index in [9.17, 15) is 36.0 Å². The minimum absolute atomic E-state index is 0. The van der Waals surface area contributed by atoms with E-state index in [1.54, 1.807) is 39.5 Å². The van der Waals surface area contributed by atoms with Gasteiger partial charge in [-0.1, -0.05) is 74.7 Å². The minimum atomic E-state index is -3.54. The Hall–Kier alpha value is -1.04. The molecule has 60 heavy (non-hydrogen) atoms. The van der Waals surface area contributed by atoms with Gasteiger partial charge in [0.2, 0.25) is 0 Å². The fraction of sp³-hybridized carbons (Fsp3) is 0.907. The summed E-state index contributed by atoms with van der Waals surface area (Å²) in [6.45, 7) is 19.3. The summed E-state index contributed by atoms with van der Waals surface area (Å²) in [5.74, 6) is -2.19. The van der Waals surface area contributed by atoms with Crippen LogP contribution in [0.4, 0.5) is 0 Å².